The summed E-state index contributed by atoms with van der Waals surface area (Å²) in [5, 5.41) is 3.57. The average Bonchev–Trinajstić information content (AvgIpc) is 2.85. The summed E-state index contributed by atoms with van der Waals surface area (Å²) in [6.45, 7) is 1.58. The molecule has 0 saturated carbocycles. The topological polar surface area (TPSA) is 109 Å². The van der Waals surface area contributed by atoms with Crippen molar-refractivity contribution in [3.8, 4) is 39.8 Å². The first-order chi connectivity index (χ1) is 17.0. The SMILES string of the molecule is COc1cc(OC)c2c(=O)[nH]c(-c3ccc(OC4CNC4)c(-c4ccc([S+](C)[O-])cc4)c3)nc2c1. The minimum atomic E-state index is -1.07. The number of nitrogens with one attached hydrogen (secondary N) is 2. The van der Waals surface area contributed by atoms with Crippen LogP contribution < -0.4 is 25.1 Å². The van der Waals surface area contributed by atoms with Gasteiger partial charge in [0.15, 0.2) is 4.90 Å². The van der Waals surface area contributed by atoms with Crippen molar-refractivity contribution in [3.63, 3.8) is 0 Å². The summed E-state index contributed by atoms with van der Waals surface area (Å²) in [7, 11) is 3.06. The normalized spacial score (nSPS) is 14.4. The maximum absolute atomic E-state index is 13.0. The van der Waals surface area contributed by atoms with E-state index in [2.05, 4.69) is 10.3 Å². The van der Waals surface area contributed by atoms with Gasteiger partial charge in [0, 0.05) is 36.3 Å². The molecule has 0 spiro atoms. The van der Waals surface area contributed by atoms with Gasteiger partial charge in [-0.15, -0.1) is 0 Å². The van der Waals surface area contributed by atoms with Crippen molar-refractivity contribution in [3.05, 3.63) is 65.0 Å². The van der Waals surface area contributed by atoms with Gasteiger partial charge in [0.1, 0.15) is 40.8 Å². The smallest absolute Gasteiger partial charge is 0.262 e. The second-order valence-electron chi connectivity index (χ2n) is 8.23. The summed E-state index contributed by atoms with van der Waals surface area (Å²) < 4.78 is 28.8. The lowest BCUT2D eigenvalue weighted by atomic mass is 10.0. The molecule has 4 aromatic rings. The predicted molar refractivity (Wildman–Crippen MR) is 136 cm³/mol. The van der Waals surface area contributed by atoms with E-state index in [0.29, 0.717) is 28.2 Å². The van der Waals surface area contributed by atoms with E-state index in [0.717, 1.165) is 40.4 Å². The molecule has 1 fully saturated rings. The lowest BCUT2D eigenvalue weighted by Crippen LogP contribution is -2.50. The van der Waals surface area contributed by atoms with Crippen LogP contribution in [0.15, 0.2) is 64.3 Å². The van der Waals surface area contributed by atoms with Gasteiger partial charge in [-0.1, -0.05) is 0 Å². The summed E-state index contributed by atoms with van der Waals surface area (Å²) in [6.07, 6.45) is 1.75. The molecule has 0 bridgehead atoms. The number of benzene rings is 3. The Morgan fingerprint density at radius 1 is 0.971 bits per heavy atom. The highest BCUT2D eigenvalue weighted by Crippen LogP contribution is 2.36. The summed E-state index contributed by atoms with van der Waals surface area (Å²) in [5.74, 6) is 2.09. The Labute approximate surface area is 205 Å². The van der Waals surface area contributed by atoms with Crippen LogP contribution in [-0.2, 0) is 11.2 Å². The van der Waals surface area contributed by atoms with Crippen LogP contribution in [0.5, 0.6) is 17.2 Å². The highest BCUT2D eigenvalue weighted by atomic mass is 32.2. The summed E-state index contributed by atoms with van der Waals surface area (Å²) in [6, 6.07) is 16.6. The number of aromatic amines is 1. The summed E-state index contributed by atoms with van der Waals surface area (Å²) >= 11 is -1.07. The van der Waals surface area contributed by atoms with Crippen LogP contribution in [0.1, 0.15) is 0 Å². The summed E-state index contributed by atoms with van der Waals surface area (Å²) in [5.41, 5.74) is 2.66. The summed E-state index contributed by atoms with van der Waals surface area (Å²) in [4.78, 5) is 21.3. The van der Waals surface area contributed by atoms with Gasteiger partial charge in [-0.2, -0.15) is 0 Å². The lowest BCUT2D eigenvalue weighted by molar-refractivity contribution is 0.143. The van der Waals surface area contributed by atoms with Crippen molar-refractivity contribution in [2.24, 2.45) is 0 Å². The van der Waals surface area contributed by atoms with Gasteiger partial charge in [0.25, 0.3) is 5.56 Å². The number of H-pyrrole nitrogens is 1. The van der Waals surface area contributed by atoms with Crippen LogP contribution in [0, 0.1) is 0 Å². The standard InChI is InChI=1S/C26H25N3O5S/c1-32-17-11-21-24(23(12-17)33-2)26(30)29-25(28-21)16-6-9-22(34-18-13-27-14-18)20(10-16)15-4-7-19(8-5-15)35(3)31/h4-12,18,27H,13-14H2,1-3H3,(H,28,29,30). The largest absolute Gasteiger partial charge is 0.612 e. The number of hydrogen-bond acceptors (Lipinski definition) is 7. The minimum absolute atomic E-state index is 0.0977. The highest BCUT2D eigenvalue weighted by Gasteiger charge is 2.21. The molecule has 35 heavy (non-hydrogen) atoms. The van der Waals surface area contributed by atoms with E-state index in [1.165, 1.54) is 7.11 Å². The molecule has 0 amide bonds. The monoisotopic (exact) mass is 491 g/mol. The molecular weight excluding hydrogens is 466 g/mol. The zero-order valence-corrected chi connectivity index (χ0v) is 20.4. The minimum Gasteiger partial charge on any atom is -0.612 e. The highest BCUT2D eigenvalue weighted by molar-refractivity contribution is 7.90. The zero-order valence-electron chi connectivity index (χ0n) is 19.6. The van der Waals surface area contributed by atoms with Crippen LogP contribution in [0.4, 0.5) is 0 Å². The molecule has 0 radical (unpaired) electrons. The van der Waals surface area contributed by atoms with E-state index >= 15 is 0 Å². The van der Waals surface area contributed by atoms with E-state index in [4.69, 9.17) is 19.2 Å². The average molecular weight is 492 g/mol. The maximum atomic E-state index is 13.0. The Morgan fingerprint density at radius 2 is 1.71 bits per heavy atom. The van der Waals surface area contributed by atoms with Gasteiger partial charge in [0.2, 0.25) is 0 Å². The van der Waals surface area contributed by atoms with Gasteiger partial charge in [-0.3, -0.25) is 4.79 Å². The van der Waals surface area contributed by atoms with Crippen LogP contribution in [0.3, 0.4) is 0 Å². The predicted octanol–water partition coefficient (Wildman–Crippen LogP) is 3.36. The molecule has 8 nitrogen and oxygen atoms in total. The van der Waals surface area contributed by atoms with Crippen molar-refractivity contribution in [2.45, 2.75) is 11.0 Å². The second kappa shape index (κ2) is 9.61. The Bertz CT molecular complexity index is 1430. The zero-order chi connectivity index (χ0) is 24.5. The van der Waals surface area contributed by atoms with Crippen molar-refractivity contribution in [2.75, 3.05) is 33.6 Å². The molecule has 1 saturated heterocycles. The quantitative estimate of drug-likeness (QED) is 0.382. The van der Waals surface area contributed by atoms with E-state index < -0.39 is 11.2 Å². The number of aromatic nitrogens is 2. The number of methoxy groups -OCH3 is 2. The molecule has 3 aromatic carbocycles. The molecule has 180 valence electrons. The molecule has 1 aromatic heterocycles. The molecule has 5 rings (SSSR count). The lowest BCUT2D eigenvalue weighted by Gasteiger charge is -2.29. The molecule has 1 aliphatic heterocycles. The number of rotatable bonds is 7. The third-order valence-electron chi connectivity index (χ3n) is 5.99. The molecule has 1 atom stereocenters. The van der Waals surface area contributed by atoms with Gasteiger partial charge >= 0.3 is 0 Å². The molecule has 2 N–H and O–H groups in total. The van der Waals surface area contributed by atoms with Gasteiger partial charge < -0.3 is 29.1 Å². The van der Waals surface area contributed by atoms with Crippen LogP contribution >= 0.6 is 0 Å². The fourth-order valence-electron chi connectivity index (χ4n) is 3.98. The van der Waals surface area contributed by atoms with E-state index in [1.54, 1.807) is 25.5 Å². The van der Waals surface area contributed by atoms with Crippen molar-refractivity contribution in [1.82, 2.24) is 15.3 Å². The molecule has 1 aliphatic rings. The third kappa shape index (κ3) is 4.58. The first-order valence-electron chi connectivity index (χ1n) is 11.1. The van der Waals surface area contributed by atoms with E-state index in [1.807, 2.05) is 42.5 Å². The molecule has 0 aliphatic carbocycles. The molecular formula is C26H25N3O5S. The van der Waals surface area contributed by atoms with E-state index in [-0.39, 0.29) is 11.7 Å². The fourth-order valence-corrected chi connectivity index (χ4v) is 4.50. The van der Waals surface area contributed by atoms with E-state index in [9.17, 15) is 9.35 Å². The Balaban J connectivity index is 1.63. The molecule has 9 heteroatoms. The van der Waals surface area contributed by atoms with Crippen molar-refractivity contribution in [1.29, 1.82) is 0 Å². The Hall–Kier alpha value is -3.53. The third-order valence-corrected chi connectivity index (χ3v) is 6.93. The van der Waals surface area contributed by atoms with Gasteiger partial charge in [-0.25, -0.2) is 4.98 Å². The second-order valence-corrected chi connectivity index (χ2v) is 9.61. The van der Waals surface area contributed by atoms with Crippen molar-refractivity contribution < 1.29 is 18.8 Å². The first kappa shape index (κ1) is 23.2. The van der Waals surface area contributed by atoms with Crippen LogP contribution in [0.25, 0.3) is 33.4 Å². The number of hydrogen-bond donors (Lipinski definition) is 2. The molecule has 1 unspecified atom stereocenters. The number of fused-ring (bicyclic) bond motifs is 1. The van der Waals surface area contributed by atoms with Gasteiger partial charge in [-0.05, 0) is 59.2 Å². The number of nitrogens with zero attached hydrogens (tertiary/aromatic N) is 1. The fraction of sp³-hybridized carbons (Fsp3) is 0.231. The number of ether oxygens (including phenoxy) is 3. The van der Waals surface area contributed by atoms with Crippen molar-refractivity contribution >= 4 is 22.1 Å². The van der Waals surface area contributed by atoms with Crippen LogP contribution in [-0.4, -0.2) is 54.2 Å². The molecule has 2 heterocycles. The van der Waals surface area contributed by atoms with Crippen LogP contribution in [0.2, 0.25) is 0 Å². The first-order valence-corrected chi connectivity index (χ1v) is 12.6. The Kier molecular flexibility index (Phi) is 6.38. The Morgan fingerprint density at radius 3 is 2.34 bits per heavy atom. The maximum Gasteiger partial charge on any atom is 0.262 e. The van der Waals surface area contributed by atoms with Gasteiger partial charge in [0.05, 0.1) is 19.7 Å².